The molecular formula is C16H15N5O5. The largest absolute Gasteiger partial charge is 0.504 e. The zero-order valence-electron chi connectivity index (χ0n) is 13.9. The standard InChI is InChI=1S/C16H15N5O5/c1-3-9-13-12(8(6-17)15(18)26-16(13)20-19-9)7-4-10(21(23)24)14(25-2)11(22)5-7/h4-5,12,22H,3,18H2,1-2H3,(H,19,20). The molecule has 26 heavy (non-hydrogen) atoms. The van der Waals surface area contributed by atoms with E-state index in [0.717, 1.165) is 0 Å². The van der Waals surface area contributed by atoms with E-state index in [1.807, 2.05) is 13.0 Å². The number of nitrogens with one attached hydrogen (secondary N) is 1. The first-order valence-electron chi connectivity index (χ1n) is 7.62. The fraction of sp³-hybridized carbons (Fsp3) is 0.250. The number of H-pyrrole nitrogens is 1. The molecule has 0 fully saturated rings. The van der Waals surface area contributed by atoms with Gasteiger partial charge in [-0.25, -0.2) is 0 Å². The van der Waals surface area contributed by atoms with Crippen LogP contribution in [0.1, 0.15) is 29.7 Å². The van der Waals surface area contributed by atoms with Crippen molar-refractivity contribution in [3.05, 3.63) is 50.5 Å². The molecular weight excluding hydrogens is 342 g/mol. The summed E-state index contributed by atoms with van der Waals surface area (Å²) < 4.78 is 10.3. The number of nitro benzene ring substituents is 1. The summed E-state index contributed by atoms with van der Waals surface area (Å²) >= 11 is 0. The average molecular weight is 357 g/mol. The van der Waals surface area contributed by atoms with Crippen LogP contribution in [0.2, 0.25) is 0 Å². The van der Waals surface area contributed by atoms with Gasteiger partial charge < -0.3 is 20.3 Å². The van der Waals surface area contributed by atoms with Gasteiger partial charge in [-0.2, -0.15) is 5.26 Å². The summed E-state index contributed by atoms with van der Waals surface area (Å²) in [5.41, 5.74) is 7.04. The molecule has 1 aromatic heterocycles. The molecule has 0 spiro atoms. The number of phenols is 1. The maximum atomic E-state index is 11.4. The lowest BCUT2D eigenvalue weighted by Crippen LogP contribution is -2.21. The Hall–Kier alpha value is -3.74. The van der Waals surface area contributed by atoms with Crippen molar-refractivity contribution in [1.29, 1.82) is 5.26 Å². The zero-order chi connectivity index (χ0) is 19.0. The maximum absolute atomic E-state index is 11.4. The van der Waals surface area contributed by atoms with Gasteiger partial charge in [0.15, 0.2) is 5.75 Å². The number of nitrogens with two attached hydrogens (primary N) is 1. The van der Waals surface area contributed by atoms with Gasteiger partial charge >= 0.3 is 5.69 Å². The van der Waals surface area contributed by atoms with E-state index in [1.54, 1.807) is 0 Å². The van der Waals surface area contributed by atoms with E-state index in [1.165, 1.54) is 19.2 Å². The highest BCUT2D eigenvalue weighted by atomic mass is 16.6. The minimum absolute atomic E-state index is 0.0764. The van der Waals surface area contributed by atoms with E-state index in [-0.39, 0.29) is 23.1 Å². The number of phenolic OH excluding ortho intramolecular Hbond substituents is 1. The van der Waals surface area contributed by atoms with E-state index in [9.17, 15) is 20.5 Å². The second-order valence-electron chi connectivity index (χ2n) is 5.55. The Morgan fingerprint density at radius 3 is 2.88 bits per heavy atom. The van der Waals surface area contributed by atoms with Crippen molar-refractivity contribution in [2.45, 2.75) is 19.3 Å². The van der Waals surface area contributed by atoms with Crippen LogP contribution in [0.25, 0.3) is 0 Å². The average Bonchev–Trinajstić information content (AvgIpc) is 3.01. The Bertz CT molecular complexity index is 972. The second kappa shape index (κ2) is 6.29. The van der Waals surface area contributed by atoms with Crippen molar-refractivity contribution in [3.8, 4) is 23.4 Å². The molecule has 1 aromatic carbocycles. The van der Waals surface area contributed by atoms with Gasteiger partial charge in [0.2, 0.25) is 17.5 Å². The number of hydrogen-bond donors (Lipinski definition) is 3. The van der Waals surface area contributed by atoms with Crippen LogP contribution in [-0.4, -0.2) is 27.3 Å². The zero-order valence-corrected chi connectivity index (χ0v) is 13.9. The molecule has 10 heteroatoms. The van der Waals surface area contributed by atoms with Crippen LogP contribution in [-0.2, 0) is 6.42 Å². The van der Waals surface area contributed by atoms with Gasteiger partial charge in [-0.3, -0.25) is 15.2 Å². The number of fused-ring (bicyclic) bond motifs is 1. The molecule has 0 bridgehead atoms. The topological polar surface area (TPSA) is 160 Å². The van der Waals surface area contributed by atoms with Crippen LogP contribution in [0.15, 0.2) is 23.6 Å². The van der Waals surface area contributed by atoms with Crippen molar-refractivity contribution in [2.24, 2.45) is 5.73 Å². The smallest absolute Gasteiger partial charge is 0.315 e. The first-order valence-corrected chi connectivity index (χ1v) is 7.62. The fourth-order valence-electron chi connectivity index (χ4n) is 3.04. The molecule has 2 aromatic rings. The van der Waals surface area contributed by atoms with E-state index in [0.29, 0.717) is 23.2 Å². The highest BCUT2D eigenvalue weighted by molar-refractivity contribution is 5.63. The number of aryl methyl sites for hydroxylation is 1. The lowest BCUT2D eigenvalue weighted by molar-refractivity contribution is -0.385. The Morgan fingerprint density at radius 2 is 2.31 bits per heavy atom. The molecule has 0 amide bonds. The number of aromatic nitrogens is 2. The summed E-state index contributed by atoms with van der Waals surface area (Å²) in [4.78, 5) is 10.7. The normalized spacial score (nSPS) is 15.8. The van der Waals surface area contributed by atoms with Gasteiger partial charge in [-0.05, 0) is 18.1 Å². The lowest BCUT2D eigenvalue weighted by atomic mass is 9.83. The third kappa shape index (κ3) is 2.46. The predicted octanol–water partition coefficient (Wildman–Crippen LogP) is 1.81. The number of aromatic amines is 1. The number of benzene rings is 1. The van der Waals surface area contributed by atoms with Gasteiger partial charge in [-0.15, -0.1) is 5.10 Å². The number of aromatic hydroxyl groups is 1. The number of methoxy groups -OCH3 is 1. The Kier molecular flexibility index (Phi) is 4.13. The molecule has 3 rings (SSSR count). The minimum atomic E-state index is -0.770. The molecule has 1 aliphatic heterocycles. The first kappa shape index (κ1) is 17.1. The Labute approximate surface area is 147 Å². The van der Waals surface area contributed by atoms with Crippen molar-refractivity contribution >= 4 is 5.69 Å². The molecule has 2 heterocycles. The van der Waals surface area contributed by atoms with Crippen molar-refractivity contribution in [1.82, 2.24) is 10.2 Å². The quantitative estimate of drug-likeness (QED) is 0.551. The van der Waals surface area contributed by atoms with Crippen molar-refractivity contribution < 1.29 is 19.5 Å². The van der Waals surface area contributed by atoms with Crippen molar-refractivity contribution in [3.63, 3.8) is 0 Å². The molecule has 10 nitrogen and oxygen atoms in total. The Morgan fingerprint density at radius 1 is 1.58 bits per heavy atom. The SMILES string of the molecule is CCc1[nH]nc2c1C(c1cc(O)c(OC)c([N+](=O)[O-])c1)C(C#N)=C(N)O2. The Balaban J connectivity index is 2.30. The third-order valence-corrected chi connectivity index (χ3v) is 4.18. The number of hydrogen-bond acceptors (Lipinski definition) is 8. The third-order valence-electron chi connectivity index (χ3n) is 4.18. The molecule has 134 valence electrons. The number of nitriles is 1. The lowest BCUT2D eigenvalue weighted by Gasteiger charge is -2.24. The van der Waals surface area contributed by atoms with Gasteiger partial charge in [0.25, 0.3) is 0 Å². The van der Waals surface area contributed by atoms with E-state index >= 15 is 0 Å². The second-order valence-corrected chi connectivity index (χ2v) is 5.55. The molecule has 1 unspecified atom stereocenters. The highest BCUT2D eigenvalue weighted by Crippen LogP contribution is 2.47. The van der Waals surface area contributed by atoms with Crippen LogP contribution >= 0.6 is 0 Å². The number of allylic oxidation sites excluding steroid dienone is 1. The summed E-state index contributed by atoms with van der Waals surface area (Å²) in [6.45, 7) is 1.88. The molecule has 0 saturated heterocycles. The summed E-state index contributed by atoms with van der Waals surface area (Å²) in [6, 6.07) is 4.54. The summed E-state index contributed by atoms with van der Waals surface area (Å²) in [5.74, 6) is -1.39. The number of rotatable bonds is 4. The first-order chi connectivity index (χ1) is 12.4. The van der Waals surface area contributed by atoms with E-state index in [4.69, 9.17) is 15.2 Å². The molecule has 4 N–H and O–H groups in total. The van der Waals surface area contributed by atoms with Gasteiger partial charge in [-0.1, -0.05) is 6.92 Å². The van der Waals surface area contributed by atoms with Crippen LogP contribution in [0, 0.1) is 21.4 Å². The fourth-order valence-corrected chi connectivity index (χ4v) is 3.04. The van der Waals surface area contributed by atoms with Gasteiger partial charge in [0, 0.05) is 17.3 Å². The molecule has 0 radical (unpaired) electrons. The van der Waals surface area contributed by atoms with Crippen LogP contribution in [0.3, 0.4) is 0 Å². The predicted molar refractivity (Wildman–Crippen MR) is 88.6 cm³/mol. The number of nitrogens with zero attached hydrogens (tertiary/aromatic N) is 3. The maximum Gasteiger partial charge on any atom is 0.315 e. The summed E-state index contributed by atoms with van der Waals surface area (Å²) in [6.07, 6.45) is 0.561. The molecule has 1 aliphatic rings. The number of nitro groups is 1. The number of ether oxygens (including phenoxy) is 2. The van der Waals surface area contributed by atoms with Crippen LogP contribution < -0.4 is 15.2 Å². The van der Waals surface area contributed by atoms with Gasteiger partial charge in [0.1, 0.15) is 11.6 Å². The van der Waals surface area contributed by atoms with Gasteiger partial charge in [0.05, 0.1) is 18.0 Å². The van der Waals surface area contributed by atoms with Crippen LogP contribution in [0.4, 0.5) is 5.69 Å². The molecule has 1 atom stereocenters. The molecule has 0 saturated carbocycles. The van der Waals surface area contributed by atoms with Crippen molar-refractivity contribution in [2.75, 3.05) is 7.11 Å². The highest BCUT2D eigenvalue weighted by Gasteiger charge is 2.36. The summed E-state index contributed by atoms with van der Waals surface area (Å²) in [7, 11) is 1.22. The molecule has 0 aliphatic carbocycles. The van der Waals surface area contributed by atoms with Crippen LogP contribution in [0.5, 0.6) is 17.4 Å². The summed E-state index contributed by atoms with van der Waals surface area (Å²) in [5, 5.41) is 38.0. The van der Waals surface area contributed by atoms with E-state index in [2.05, 4.69) is 10.2 Å². The minimum Gasteiger partial charge on any atom is -0.504 e. The monoisotopic (exact) mass is 357 g/mol. The van der Waals surface area contributed by atoms with E-state index < -0.39 is 22.3 Å².